The maximum atomic E-state index is 13.9. The molecule has 2 bridgehead atoms. The van der Waals surface area contributed by atoms with Gasteiger partial charge in [0.05, 0.1) is 31.0 Å². The Balaban J connectivity index is 0.00000257. The molecule has 1 fully saturated rings. The minimum atomic E-state index is -0.561. The van der Waals surface area contributed by atoms with E-state index in [0.29, 0.717) is 83.4 Å². The molecule has 16 nitrogen and oxygen atoms in total. The number of hydrogen-bond acceptors (Lipinski definition) is 13. The molecule has 0 spiro atoms. The maximum absolute atomic E-state index is 13.9. The number of hydrogen-bond donors (Lipinski definition) is 3. The van der Waals surface area contributed by atoms with Crippen molar-refractivity contribution >= 4 is 52.9 Å². The molecule has 2 amide bonds. The Morgan fingerprint density at radius 2 is 1.92 bits per heavy atom. The monoisotopic (exact) mass is 746 g/mol. The number of amides is 2. The van der Waals surface area contributed by atoms with Crippen LogP contribution in [0.5, 0.6) is 0 Å². The fraction of sp³-hybridized carbons (Fsp3) is 0.353. The molecule has 2 aromatic heterocycles. The number of aromatic nitrogens is 6. The summed E-state index contributed by atoms with van der Waals surface area (Å²) in [5.41, 5.74) is 3.74. The molecule has 0 aliphatic carbocycles. The molecule has 52 heavy (non-hydrogen) atoms. The molecule has 3 N–H and O–H groups in total. The standard InChI is InChI=1S/C34H35ClN10O4S.O2/c1-49-31(47)17-21-6-9-24-27(16-21)38-26(34(48)44-12-14-50-15-13-44)5-3-2-4-25(33-40-28(19-36)32(24)41-33)39-30(46)11-7-22-18-23(35)8-10-29(22)45-20-37-42-43-45;1-2/h6-11,16,18,20,25-26,38H,2-5,12-15,17H2,1H3,(H,39,46)(H,40,41);/b11-7+;/t25-,26+;/m0./s1. The summed E-state index contributed by atoms with van der Waals surface area (Å²) in [7, 11) is 1.33. The van der Waals surface area contributed by atoms with Crippen molar-refractivity contribution in [2.24, 2.45) is 0 Å². The highest BCUT2D eigenvalue weighted by molar-refractivity contribution is 7.99. The van der Waals surface area contributed by atoms with Crippen LogP contribution in [0.3, 0.4) is 0 Å². The van der Waals surface area contributed by atoms with Crippen LogP contribution in [0.15, 0.2) is 48.8 Å². The average molecular weight is 747 g/mol. The van der Waals surface area contributed by atoms with Gasteiger partial charge in [-0.15, -0.1) is 5.10 Å². The number of ether oxygens (including phenoxy) is 1. The van der Waals surface area contributed by atoms with Crippen molar-refractivity contribution in [3.63, 3.8) is 0 Å². The van der Waals surface area contributed by atoms with Gasteiger partial charge in [-0.2, -0.15) is 21.7 Å². The lowest BCUT2D eigenvalue weighted by Gasteiger charge is -2.31. The highest BCUT2D eigenvalue weighted by Crippen LogP contribution is 2.34. The van der Waals surface area contributed by atoms with Crippen LogP contribution in [0, 0.1) is 21.3 Å². The summed E-state index contributed by atoms with van der Waals surface area (Å²) in [6, 6.07) is 11.6. The predicted octanol–water partition coefficient (Wildman–Crippen LogP) is 4.16. The fourth-order valence-electron chi connectivity index (χ4n) is 6.06. The molecule has 6 rings (SSSR count). The van der Waals surface area contributed by atoms with Crippen molar-refractivity contribution in [1.29, 1.82) is 5.26 Å². The number of benzene rings is 2. The molecule has 4 aromatic rings. The second-order valence-corrected chi connectivity index (χ2v) is 13.5. The van der Waals surface area contributed by atoms with Gasteiger partial charge in [0.25, 0.3) is 0 Å². The Bertz CT molecular complexity index is 1960. The zero-order valence-electron chi connectivity index (χ0n) is 28.1. The van der Waals surface area contributed by atoms with Gasteiger partial charge in [0, 0.05) is 62.4 Å². The minimum absolute atomic E-state index is 0.00883. The lowest BCUT2D eigenvalue weighted by molar-refractivity contribution is -0.139. The largest absolute Gasteiger partial charge is 0.469 e. The second kappa shape index (κ2) is 18.1. The van der Waals surface area contributed by atoms with Gasteiger partial charge in [-0.3, -0.25) is 14.4 Å². The van der Waals surface area contributed by atoms with Crippen LogP contribution >= 0.6 is 23.4 Å². The van der Waals surface area contributed by atoms with E-state index in [9.17, 15) is 19.6 Å². The van der Waals surface area contributed by atoms with Crippen molar-refractivity contribution in [3.05, 3.63) is 86.4 Å². The number of anilines is 1. The molecule has 2 aliphatic rings. The van der Waals surface area contributed by atoms with Gasteiger partial charge in [0.15, 0.2) is 5.69 Å². The van der Waals surface area contributed by atoms with Crippen LogP contribution in [-0.4, -0.2) is 90.6 Å². The molecule has 0 unspecified atom stereocenters. The summed E-state index contributed by atoms with van der Waals surface area (Å²) < 4.78 is 6.36. The van der Waals surface area contributed by atoms with Crippen LogP contribution in [0.4, 0.5) is 5.69 Å². The summed E-state index contributed by atoms with van der Waals surface area (Å²) in [6.45, 7) is 1.35. The quantitative estimate of drug-likeness (QED) is 0.179. The molecule has 4 heterocycles. The van der Waals surface area contributed by atoms with Crippen LogP contribution in [0.25, 0.3) is 23.0 Å². The molecule has 2 aromatic carbocycles. The van der Waals surface area contributed by atoms with E-state index >= 15 is 0 Å². The number of H-pyrrole nitrogens is 1. The van der Waals surface area contributed by atoms with Gasteiger partial charge >= 0.3 is 5.97 Å². The number of nitriles is 1. The molecular weight excluding hydrogens is 712 g/mol. The predicted molar refractivity (Wildman–Crippen MR) is 195 cm³/mol. The lowest BCUT2D eigenvalue weighted by Crippen LogP contribution is -2.46. The number of methoxy groups -OCH3 is 1. The number of carbonyl (C=O) groups is 3. The third kappa shape index (κ3) is 9.19. The zero-order valence-corrected chi connectivity index (χ0v) is 29.7. The Morgan fingerprint density at radius 1 is 1.13 bits per heavy atom. The SMILES string of the molecule is COC(=O)Cc1ccc2c(c1)N[C@@H](C(=O)N1CCSCC1)CCCC[C@H](NC(=O)/C=C/c1cc(Cl)ccc1-n1cnnn1)c1nc(C#N)c-2[nH]1.O=O. The number of halogens is 1. The van der Waals surface area contributed by atoms with Crippen molar-refractivity contribution < 1.29 is 19.1 Å². The third-order valence-corrected chi connectivity index (χ3v) is 9.77. The van der Waals surface area contributed by atoms with E-state index in [1.807, 2.05) is 22.7 Å². The van der Waals surface area contributed by atoms with Crippen LogP contribution in [0.1, 0.15) is 54.4 Å². The zero-order chi connectivity index (χ0) is 37.0. The number of thioether (sulfide) groups is 1. The number of imidazole rings is 1. The fourth-order valence-corrected chi connectivity index (χ4v) is 7.14. The van der Waals surface area contributed by atoms with Crippen molar-refractivity contribution in [3.8, 4) is 23.0 Å². The molecule has 0 saturated carbocycles. The highest BCUT2D eigenvalue weighted by Gasteiger charge is 2.29. The number of aromatic amines is 1. The summed E-state index contributed by atoms with van der Waals surface area (Å²) in [4.78, 5) is 63.2. The Labute approximate surface area is 307 Å². The first-order valence-electron chi connectivity index (χ1n) is 16.3. The van der Waals surface area contributed by atoms with E-state index in [1.54, 1.807) is 36.4 Å². The maximum Gasteiger partial charge on any atom is 0.309 e. The first-order valence-corrected chi connectivity index (χ1v) is 17.9. The van der Waals surface area contributed by atoms with E-state index in [1.165, 1.54) is 24.2 Å². The van der Waals surface area contributed by atoms with Crippen LogP contribution < -0.4 is 10.6 Å². The van der Waals surface area contributed by atoms with Crippen molar-refractivity contribution in [2.45, 2.75) is 44.2 Å². The number of nitrogens with zero attached hydrogens (tertiary/aromatic N) is 7. The molecule has 1 saturated heterocycles. The molecule has 0 radical (unpaired) electrons. The Kier molecular flexibility index (Phi) is 13.1. The smallest absolute Gasteiger partial charge is 0.309 e. The van der Waals surface area contributed by atoms with E-state index in [-0.39, 0.29) is 23.9 Å². The van der Waals surface area contributed by atoms with Gasteiger partial charge in [0.2, 0.25) is 11.8 Å². The molecule has 270 valence electrons. The van der Waals surface area contributed by atoms with E-state index in [4.69, 9.17) is 26.3 Å². The van der Waals surface area contributed by atoms with Gasteiger partial charge in [-0.25, -0.2) is 4.98 Å². The summed E-state index contributed by atoms with van der Waals surface area (Å²) in [5, 5.41) is 28.5. The second-order valence-electron chi connectivity index (χ2n) is 11.9. The van der Waals surface area contributed by atoms with E-state index < -0.39 is 18.1 Å². The summed E-state index contributed by atoms with van der Waals surface area (Å²) in [5.74, 6) is 1.42. The van der Waals surface area contributed by atoms with Crippen LogP contribution in [0.2, 0.25) is 5.02 Å². The van der Waals surface area contributed by atoms with Gasteiger partial charge in [0.1, 0.15) is 24.3 Å². The van der Waals surface area contributed by atoms with Crippen LogP contribution in [-0.2, 0) is 25.5 Å². The first-order chi connectivity index (χ1) is 25.3. The normalized spacial score (nSPS) is 17.2. The number of esters is 1. The summed E-state index contributed by atoms with van der Waals surface area (Å²) >= 11 is 8.08. The van der Waals surface area contributed by atoms with Crippen molar-refractivity contribution in [1.82, 2.24) is 40.4 Å². The number of rotatable bonds is 7. The lowest BCUT2D eigenvalue weighted by atomic mass is 9.99. The minimum Gasteiger partial charge on any atom is -0.469 e. The van der Waals surface area contributed by atoms with Gasteiger partial charge in [-0.1, -0.05) is 36.6 Å². The third-order valence-electron chi connectivity index (χ3n) is 8.59. The first kappa shape index (κ1) is 37.7. The number of nitrogens with one attached hydrogen (secondary N) is 3. The van der Waals surface area contributed by atoms with Gasteiger partial charge < -0.3 is 25.3 Å². The number of fused-ring (bicyclic) bond motifs is 4. The van der Waals surface area contributed by atoms with Gasteiger partial charge in [-0.05, 0) is 59.2 Å². The molecule has 18 heteroatoms. The molecule has 2 atom stereocenters. The average Bonchev–Trinajstić information content (AvgIpc) is 3.86. The molecule has 2 aliphatic heterocycles. The van der Waals surface area contributed by atoms with Crippen molar-refractivity contribution in [2.75, 3.05) is 37.0 Å². The Morgan fingerprint density at radius 3 is 2.65 bits per heavy atom. The topological polar surface area (TPSA) is 218 Å². The number of carbonyl (C=O) groups excluding carboxylic acids is 3. The molecular formula is C34H35ClN10O6S. The van der Waals surface area contributed by atoms with E-state index in [0.717, 1.165) is 11.5 Å². The highest BCUT2D eigenvalue weighted by atomic mass is 35.5. The number of tetrazole rings is 1. The summed E-state index contributed by atoms with van der Waals surface area (Å²) in [6.07, 6.45) is 6.93. The Hall–Kier alpha value is -5.60. The van der Waals surface area contributed by atoms with E-state index in [2.05, 4.69) is 42.2 Å².